The minimum absolute atomic E-state index is 0.267. The molecule has 2 N–H and O–H groups in total. The first kappa shape index (κ1) is 11.5. The fraction of sp³-hybridized carbons (Fsp3) is 0.538. The molecule has 2 atom stereocenters. The standard InChI is InChI=1S/C13H17N3O2/c14-11-4-2-1-3-9(11)7-12-15-13(16-18-12)10-5-6-17-8-10/h5-6,8-9,11H,1-4,7,14H2. The summed E-state index contributed by atoms with van der Waals surface area (Å²) in [7, 11) is 0. The fourth-order valence-electron chi connectivity index (χ4n) is 2.56. The molecule has 3 rings (SSSR count). The summed E-state index contributed by atoms with van der Waals surface area (Å²) in [5, 5.41) is 3.96. The first-order valence-corrected chi connectivity index (χ1v) is 6.43. The molecular formula is C13H17N3O2. The van der Waals surface area contributed by atoms with Crippen molar-refractivity contribution in [2.45, 2.75) is 38.1 Å². The fourth-order valence-corrected chi connectivity index (χ4v) is 2.56. The maximum atomic E-state index is 6.12. The highest BCUT2D eigenvalue weighted by Crippen LogP contribution is 2.26. The molecule has 96 valence electrons. The largest absolute Gasteiger partial charge is 0.472 e. The Kier molecular flexibility index (Phi) is 3.15. The van der Waals surface area contributed by atoms with Crippen molar-refractivity contribution in [3.63, 3.8) is 0 Å². The first-order valence-electron chi connectivity index (χ1n) is 6.43. The third-order valence-electron chi connectivity index (χ3n) is 3.65. The van der Waals surface area contributed by atoms with E-state index < -0.39 is 0 Å². The number of furan rings is 1. The van der Waals surface area contributed by atoms with Gasteiger partial charge in [0.15, 0.2) is 0 Å². The summed E-state index contributed by atoms with van der Waals surface area (Å²) < 4.78 is 10.3. The van der Waals surface area contributed by atoms with E-state index in [1.165, 1.54) is 12.8 Å². The van der Waals surface area contributed by atoms with Crippen molar-refractivity contribution in [1.29, 1.82) is 0 Å². The summed E-state index contributed by atoms with van der Waals surface area (Å²) in [6, 6.07) is 2.09. The van der Waals surface area contributed by atoms with Crippen LogP contribution in [0.5, 0.6) is 0 Å². The lowest BCUT2D eigenvalue weighted by atomic mass is 9.83. The number of aromatic nitrogens is 2. The van der Waals surface area contributed by atoms with Gasteiger partial charge in [-0.05, 0) is 24.8 Å². The van der Waals surface area contributed by atoms with Crippen LogP contribution in [0.1, 0.15) is 31.6 Å². The van der Waals surface area contributed by atoms with Gasteiger partial charge in [0.05, 0.1) is 11.8 Å². The summed E-state index contributed by atoms with van der Waals surface area (Å²) in [6.45, 7) is 0. The molecule has 2 heterocycles. The minimum Gasteiger partial charge on any atom is -0.472 e. The topological polar surface area (TPSA) is 78.1 Å². The van der Waals surface area contributed by atoms with Gasteiger partial charge in [-0.1, -0.05) is 18.0 Å². The predicted molar refractivity (Wildman–Crippen MR) is 65.6 cm³/mol. The van der Waals surface area contributed by atoms with Crippen LogP contribution in [0.25, 0.3) is 11.4 Å². The molecule has 18 heavy (non-hydrogen) atoms. The van der Waals surface area contributed by atoms with E-state index in [0.717, 1.165) is 24.8 Å². The van der Waals surface area contributed by atoms with Crippen LogP contribution in [-0.4, -0.2) is 16.2 Å². The van der Waals surface area contributed by atoms with Crippen LogP contribution in [0, 0.1) is 5.92 Å². The van der Waals surface area contributed by atoms with Crippen LogP contribution in [0.2, 0.25) is 0 Å². The van der Waals surface area contributed by atoms with Crippen LogP contribution in [0.3, 0.4) is 0 Å². The minimum atomic E-state index is 0.267. The maximum absolute atomic E-state index is 6.12. The summed E-state index contributed by atoms with van der Waals surface area (Å²) in [6.07, 6.45) is 8.75. The van der Waals surface area contributed by atoms with Crippen molar-refractivity contribution in [3.8, 4) is 11.4 Å². The van der Waals surface area contributed by atoms with E-state index in [1.54, 1.807) is 12.5 Å². The molecule has 2 aromatic rings. The molecule has 0 saturated heterocycles. The van der Waals surface area contributed by atoms with Crippen LogP contribution < -0.4 is 5.73 Å². The van der Waals surface area contributed by atoms with E-state index in [1.807, 2.05) is 6.07 Å². The van der Waals surface area contributed by atoms with Gasteiger partial charge in [-0.3, -0.25) is 0 Å². The van der Waals surface area contributed by atoms with Crippen LogP contribution in [-0.2, 0) is 6.42 Å². The Morgan fingerprint density at radius 2 is 2.22 bits per heavy atom. The predicted octanol–water partition coefficient (Wildman–Crippen LogP) is 2.39. The Labute approximate surface area is 105 Å². The number of hydrogen-bond donors (Lipinski definition) is 1. The highest BCUT2D eigenvalue weighted by atomic mass is 16.5. The highest BCUT2D eigenvalue weighted by molar-refractivity contribution is 5.51. The first-order chi connectivity index (χ1) is 8.83. The molecule has 0 aromatic carbocycles. The Morgan fingerprint density at radius 3 is 3.00 bits per heavy atom. The summed E-state index contributed by atoms with van der Waals surface area (Å²) in [4.78, 5) is 4.39. The lowest BCUT2D eigenvalue weighted by molar-refractivity contribution is 0.273. The quantitative estimate of drug-likeness (QED) is 0.901. The van der Waals surface area contributed by atoms with E-state index in [2.05, 4.69) is 10.1 Å². The zero-order chi connectivity index (χ0) is 12.4. The smallest absolute Gasteiger partial charge is 0.227 e. The Balaban J connectivity index is 1.70. The second-order valence-electron chi connectivity index (χ2n) is 4.94. The van der Waals surface area contributed by atoms with Crippen molar-refractivity contribution >= 4 is 0 Å². The van der Waals surface area contributed by atoms with Crippen molar-refractivity contribution in [2.24, 2.45) is 11.7 Å². The number of nitrogens with two attached hydrogens (primary N) is 1. The molecule has 0 radical (unpaired) electrons. The molecule has 0 aliphatic heterocycles. The lowest BCUT2D eigenvalue weighted by Gasteiger charge is -2.27. The number of rotatable bonds is 3. The normalized spacial score (nSPS) is 24.3. The summed E-state index contributed by atoms with van der Waals surface area (Å²) in [5.41, 5.74) is 6.97. The Bertz CT molecular complexity index is 492. The average Bonchev–Trinajstić information content (AvgIpc) is 3.02. The summed E-state index contributed by atoms with van der Waals surface area (Å²) in [5.74, 6) is 1.73. The van der Waals surface area contributed by atoms with Crippen LogP contribution in [0.4, 0.5) is 0 Å². The van der Waals surface area contributed by atoms with Gasteiger partial charge >= 0.3 is 0 Å². The lowest BCUT2D eigenvalue weighted by Crippen LogP contribution is -2.34. The van der Waals surface area contributed by atoms with E-state index >= 15 is 0 Å². The van der Waals surface area contributed by atoms with E-state index in [-0.39, 0.29) is 6.04 Å². The van der Waals surface area contributed by atoms with E-state index in [0.29, 0.717) is 17.6 Å². The molecule has 1 fully saturated rings. The second kappa shape index (κ2) is 4.94. The van der Waals surface area contributed by atoms with Crippen molar-refractivity contribution in [3.05, 3.63) is 24.5 Å². The SMILES string of the molecule is NC1CCCCC1Cc1nc(-c2ccoc2)no1. The molecule has 1 aliphatic rings. The van der Waals surface area contributed by atoms with Crippen molar-refractivity contribution in [2.75, 3.05) is 0 Å². The highest BCUT2D eigenvalue weighted by Gasteiger charge is 2.24. The Morgan fingerprint density at radius 1 is 1.33 bits per heavy atom. The maximum Gasteiger partial charge on any atom is 0.227 e. The van der Waals surface area contributed by atoms with Gasteiger partial charge in [0.1, 0.15) is 6.26 Å². The zero-order valence-electron chi connectivity index (χ0n) is 10.2. The van der Waals surface area contributed by atoms with E-state index in [4.69, 9.17) is 14.7 Å². The second-order valence-corrected chi connectivity index (χ2v) is 4.94. The molecule has 5 nitrogen and oxygen atoms in total. The number of nitrogens with zero attached hydrogens (tertiary/aromatic N) is 2. The molecule has 2 aromatic heterocycles. The average molecular weight is 247 g/mol. The van der Waals surface area contributed by atoms with Crippen molar-refractivity contribution < 1.29 is 8.94 Å². The molecule has 2 unspecified atom stereocenters. The van der Waals surface area contributed by atoms with Crippen LogP contribution in [0.15, 0.2) is 27.5 Å². The molecule has 1 aliphatic carbocycles. The van der Waals surface area contributed by atoms with Gasteiger partial charge in [-0.25, -0.2) is 0 Å². The van der Waals surface area contributed by atoms with Gasteiger partial charge in [-0.15, -0.1) is 0 Å². The molecule has 0 amide bonds. The molecule has 0 bridgehead atoms. The van der Waals surface area contributed by atoms with Gasteiger partial charge in [0.25, 0.3) is 0 Å². The van der Waals surface area contributed by atoms with Gasteiger partial charge in [0.2, 0.25) is 11.7 Å². The zero-order valence-corrected chi connectivity index (χ0v) is 10.2. The molecule has 0 spiro atoms. The molecular weight excluding hydrogens is 230 g/mol. The van der Waals surface area contributed by atoms with Gasteiger partial charge < -0.3 is 14.7 Å². The van der Waals surface area contributed by atoms with Gasteiger partial charge in [0, 0.05) is 12.5 Å². The Hall–Kier alpha value is -1.62. The molecule has 1 saturated carbocycles. The van der Waals surface area contributed by atoms with E-state index in [9.17, 15) is 0 Å². The third kappa shape index (κ3) is 2.31. The van der Waals surface area contributed by atoms with Crippen molar-refractivity contribution in [1.82, 2.24) is 10.1 Å². The third-order valence-corrected chi connectivity index (χ3v) is 3.65. The van der Waals surface area contributed by atoms with Crippen LogP contribution >= 0.6 is 0 Å². The number of hydrogen-bond acceptors (Lipinski definition) is 5. The summed E-state index contributed by atoms with van der Waals surface area (Å²) >= 11 is 0. The molecule has 5 heteroatoms. The monoisotopic (exact) mass is 247 g/mol. The van der Waals surface area contributed by atoms with Gasteiger partial charge in [-0.2, -0.15) is 4.98 Å².